The molecule has 0 heterocycles. The van der Waals surface area contributed by atoms with Gasteiger partial charge >= 0.3 is 6.98 Å². The number of ether oxygens (including phenoxy) is 1. The Bertz CT molecular complexity index is 405. The lowest BCUT2D eigenvalue weighted by Gasteiger charge is -2.29. The second-order valence-corrected chi connectivity index (χ2v) is 5.12. The molecule has 1 aliphatic rings. The van der Waals surface area contributed by atoms with Crippen LogP contribution in [0.4, 0.5) is 12.9 Å². The van der Waals surface area contributed by atoms with Gasteiger partial charge in [-0.25, -0.2) is 0 Å². The van der Waals surface area contributed by atoms with Gasteiger partial charge in [0, 0.05) is 0 Å². The molecular weight excluding hydrogens is 240 g/mol. The van der Waals surface area contributed by atoms with Crippen LogP contribution in [0.1, 0.15) is 32.6 Å². The predicted molar refractivity (Wildman–Crippen MR) is 67.2 cm³/mol. The molecule has 0 N–H and O–H groups in total. The highest BCUT2D eigenvalue weighted by molar-refractivity contribution is 6.74. The standard InChI is InChI=1S/C13H17BF3O/c1-10-5-4-6-11(9-10)18-13-8-3-2-7-12(13)14(15,16)17/h2-3,7-8,10-11H,4-6,9H2,1H3/q-1. The average molecular weight is 257 g/mol. The van der Waals surface area contributed by atoms with Gasteiger partial charge in [0.2, 0.25) is 0 Å². The largest absolute Gasteiger partial charge is 0.513 e. The van der Waals surface area contributed by atoms with Gasteiger partial charge in [-0.1, -0.05) is 37.0 Å². The summed E-state index contributed by atoms with van der Waals surface area (Å²) >= 11 is 0. The van der Waals surface area contributed by atoms with Crippen molar-refractivity contribution in [3.8, 4) is 5.75 Å². The summed E-state index contributed by atoms with van der Waals surface area (Å²) in [7, 11) is 0. The number of hydrogen-bond acceptors (Lipinski definition) is 1. The Morgan fingerprint density at radius 2 is 1.89 bits per heavy atom. The van der Waals surface area contributed by atoms with Gasteiger partial charge in [0.05, 0.1) is 11.9 Å². The molecule has 2 unspecified atom stereocenters. The van der Waals surface area contributed by atoms with Crippen molar-refractivity contribution in [2.75, 3.05) is 0 Å². The SMILES string of the molecule is CC1CCCC(Oc2ccccc2[B-](F)(F)F)C1. The molecule has 18 heavy (non-hydrogen) atoms. The molecule has 1 nitrogen and oxygen atoms in total. The third-order valence-corrected chi connectivity index (χ3v) is 3.45. The second kappa shape index (κ2) is 5.25. The molecule has 100 valence electrons. The minimum atomic E-state index is -5.00. The minimum Gasteiger partial charge on any atom is -0.493 e. The second-order valence-electron chi connectivity index (χ2n) is 5.12. The van der Waals surface area contributed by atoms with E-state index in [0.717, 1.165) is 31.7 Å². The zero-order valence-electron chi connectivity index (χ0n) is 10.4. The first kappa shape index (κ1) is 13.3. The number of halogens is 3. The molecule has 0 aromatic heterocycles. The Labute approximate surface area is 105 Å². The number of para-hydroxylation sites is 1. The van der Waals surface area contributed by atoms with Gasteiger partial charge in [0.25, 0.3) is 0 Å². The summed E-state index contributed by atoms with van der Waals surface area (Å²) in [5, 5.41) is 0. The molecule has 0 saturated heterocycles. The van der Waals surface area contributed by atoms with E-state index in [4.69, 9.17) is 4.74 Å². The van der Waals surface area contributed by atoms with Gasteiger partial charge in [-0.15, -0.1) is 0 Å². The fraction of sp³-hybridized carbons (Fsp3) is 0.538. The van der Waals surface area contributed by atoms with Crippen LogP contribution in [-0.4, -0.2) is 13.1 Å². The molecule has 1 fully saturated rings. The van der Waals surface area contributed by atoms with Crippen molar-refractivity contribution in [1.82, 2.24) is 0 Å². The average Bonchev–Trinajstić information content (AvgIpc) is 2.28. The summed E-state index contributed by atoms with van der Waals surface area (Å²) in [4.78, 5) is 0. The Morgan fingerprint density at radius 1 is 1.17 bits per heavy atom. The van der Waals surface area contributed by atoms with Crippen LogP contribution in [0.3, 0.4) is 0 Å². The minimum absolute atomic E-state index is 0.0101. The molecule has 0 aliphatic heterocycles. The normalized spacial score (nSPS) is 24.9. The third kappa shape index (κ3) is 3.21. The van der Waals surface area contributed by atoms with E-state index >= 15 is 0 Å². The highest BCUT2D eigenvalue weighted by Gasteiger charge is 2.30. The Balaban J connectivity index is 2.13. The number of rotatable bonds is 3. The van der Waals surface area contributed by atoms with Crippen LogP contribution in [0, 0.1) is 5.92 Å². The van der Waals surface area contributed by atoms with Gasteiger partial charge in [0.15, 0.2) is 0 Å². The molecule has 1 aliphatic carbocycles. The lowest BCUT2D eigenvalue weighted by molar-refractivity contribution is 0.130. The van der Waals surface area contributed by atoms with Crippen molar-refractivity contribution < 1.29 is 17.7 Å². The van der Waals surface area contributed by atoms with E-state index in [0.29, 0.717) is 5.92 Å². The first-order valence-corrected chi connectivity index (χ1v) is 6.42. The Hall–Kier alpha value is -1.13. The molecule has 0 amide bonds. The zero-order chi connectivity index (χ0) is 13.2. The van der Waals surface area contributed by atoms with E-state index in [9.17, 15) is 12.9 Å². The third-order valence-electron chi connectivity index (χ3n) is 3.45. The molecule has 1 aromatic carbocycles. The number of hydrogen-bond donors (Lipinski definition) is 0. The van der Waals surface area contributed by atoms with E-state index in [1.165, 1.54) is 12.1 Å². The predicted octanol–water partition coefficient (Wildman–Crippen LogP) is 3.70. The van der Waals surface area contributed by atoms with Crippen LogP contribution in [0.5, 0.6) is 5.75 Å². The van der Waals surface area contributed by atoms with Crippen LogP contribution in [-0.2, 0) is 0 Å². The first-order valence-electron chi connectivity index (χ1n) is 6.42. The van der Waals surface area contributed by atoms with Crippen LogP contribution in [0.15, 0.2) is 24.3 Å². The molecule has 5 heteroatoms. The van der Waals surface area contributed by atoms with Crippen molar-refractivity contribution in [3.63, 3.8) is 0 Å². The van der Waals surface area contributed by atoms with E-state index < -0.39 is 12.4 Å². The molecule has 1 aromatic rings. The fourth-order valence-electron chi connectivity index (χ4n) is 2.52. The lowest BCUT2D eigenvalue weighted by Crippen LogP contribution is -2.37. The van der Waals surface area contributed by atoms with Crippen molar-refractivity contribution >= 4 is 12.4 Å². The Kier molecular flexibility index (Phi) is 3.88. The van der Waals surface area contributed by atoms with E-state index in [2.05, 4.69) is 6.92 Å². The van der Waals surface area contributed by atoms with E-state index in [-0.39, 0.29) is 11.9 Å². The highest BCUT2D eigenvalue weighted by Crippen LogP contribution is 2.28. The smallest absolute Gasteiger partial charge is 0.493 e. The van der Waals surface area contributed by atoms with Gasteiger partial charge in [-0.2, -0.15) is 0 Å². The van der Waals surface area contributed by atoms with Crippen LogP contribution >= 0.6 is 0 Å². The maximum Gasteiger partial charge on any atom is 0.513 e. The summed E-state index contributed by atoms with van der Waals surface area (Å²) in [6.45, 7) is -2.88. The van der Waals surface area contributed by atoms with Gasteiger partial charge in [-0.05, 0) is 31.2 Å². The summed E-state index contributed by atoms with van der Waals surface area (Å²) < 4.78 is 44.2. The maximum absolute atomic E-state index is 12.9. The van der Waals surface area contributed by atoms with Crippen LogP contribution in [0.2, 0.25) is 0 Å². The monoisotopic (exact) mass is 257 g/mol. The first-order chi connectivity index (χ1) is 8.47. The molecule has 0 spiro atoms. The molecule has 0 bridgehead atoms. The molecular formula is C13H17BF3O-. The summed E-state index contributed by atoms with van der Waals surface area (Å²) in [5.74, 6) is 0.524. The summed E-state index contributed by atoms with van der Waals surface area (Å²) in [5.41, 5.74) is -0.615. The lowest BCUT2D eigenvalue weighted by atomic mass is 9.79. The van der Waals surface area contributed by atoms with Crippen molar-refractivity contribution in [2.24, 2.45) is 5.92 Å². The molecule has 0 radical (unpaired) electrons. The van der Waals surface area contributed by atoms with Gasteiger partial charge in [0.1, 0.15) is 0 Å². The topological polar surface area (TPSA) is 9.23 Å². The van der Waals surface area contributed by atoms with Crippen molar-refractivity contribution in [3.05, 3.63) is 24.3 Å². The molecule has 1 saturated carbocycles. The highest BCUT2D eigenvalue weighted by atomic mass is 19.4. The van der Waals surface area contributed by atoms with Crippen LogP contribution < -0.4 is 10.2 Å². The van der Waals surface area contributed by atoms with E-state index in [1.54, 1.807) is 6.07 Å². The van der Waals surface area contributed by atoms with Crippen LogP contribution in [0.25, 0.3) is 0 Å². The van der Waals surface area contributed by atoms with Crippen molar-refractivity contribution in [2.45, 2.75) is 38.7 Å². The number of benzene rings is 1. The van der Waals surface area contributed by atoms with Gasteiger partial charge in [-0.3, -0.25) is 0 Å². The molecule has 2 atom stereocenters. The molecule has 2 rings (SSSR count). The fourth-order valence-corrected chi connectivity index (χ4v) is 2.52. The quantitative estimate of drug-likeness (QED) is 0.750. The Morgan fingerprint density at radius 3 is 2.56 bits per heavy atom. The van der Waals surface area contributed by atoms with E-state index in [1.807, 2.05) is 0 Å². The maximum atomic E-state index is 12.9. The summed E-state index contributed by atoms with van der Waals surface area (Å²) in [6.07, 6.45) is 3.80. The summed E-state index contributed by atoms with van der Waals surface area (Å²) in [6, 6.07) is 5.51. The van der Waals surface area contributed by atoms with Gasteiger partial charge < -0.3 is 17.7 Å². The zero-order valence-corrected chi connectivity index (χ0v) is 10.4. The van der Waals surface area contributed by atoms with Crippen molar-refractivity contribution in [1.29, 1.82) is 0 Å².